The number of amidine groups is 1. The molecule has 1 unspecified atom stereocenters. The van der Waals surface area contributed by atoms with Crippen LogP contribution in [0.3, 0.4) is 0 Å². The second kappa shape index (κ2) is 8.14. The Kier molecular flexibility index (Phi) is 5.24. The van der Waals surface area contributed by atoms with E-state index in [-0.39, 0.29) is 18.2 Å². The van der Waals surface area contributed by atoms with Crippen molar-refractivity contribution in [3.63, 3.8) is 0 Å². The Bertz CT molecular complexity index is 977. The fourth-order valence-electron chi connectivity index (χ4n) is 3.40. The van der Waals surface area contributed by atoms with Crippen LogP contribution in [0.4, 0.5) is 5.95 Å². The standard InChI is InChI=1S/C20H19N7O2/c21-11-14-12-22-20(23-13-14)27-9-7-26(8-10-27)18(28)6-5-17-24-16-4-2-1-3-15(16)19(29)25-17/h1-4,12-13,15H,5-10H2. The number of hydrogen-bond donors (Lipinski definition) is 0. The maximum atomic E-state index is 12.6. The molecule has 29 heavy (non-hydrogen) atoms. The zero-order chi connectivity index (χ0) is 20.2. The number of allylic oxidation sites excluding steroid dienone is 3. The van der Waals surface area contributed by atoms with E-state index < -0.39 is 5.92 Å². The molecule has 3 heterocycles. The van der Waals surface area contributed by atoms with Gasteiger partial charge in [0.1, 0.15) is 17.8 Å². The molecular weight excluding hydrogens is 370 g/mol. The van der Waals surface area contributed by atoms with E-state index in [9.17, 15) is 9.59 Å². The number of nitriles is 1. The number of carbonyl (C=O) groups is 2. The molecule has 1 aromatic rings. The smallest absolute Gasteiger partial charge is 0.260 e. The highest BCUT2D eigenvalue weighted by Gasteiger charge is 2.27. The summed E-state index contributed by atoms with van der Waals surface area (Å²) in [6.07, 6.45) is 10.8. The Morgan fingerprint density at radius 3 is 2.62 bits per heavy atom. The van der Waals surface area contributed by atoms with Crippen molar-refractivity contribution in [2.45, 2.75) is 12.8 Å². The van der Waals surface area contributed by atoms with Crippen molar-refractivity contribution in [3.05, 3.63) is 42.3 Å². The van der Waals surface area contributed by atoms with Crippen LogP contribution >= 0.6 is 0 Å². The van der Waals surface area contributed by atoms with E-state index in [1.54, 1.807) is 11.0 Å². The van der Waals surface area contributed by atoms with Gasteiger partial charge in [0, 0.05) is 39.0 Å². The molecule has 1 saturated heterocycles. The highest BCUT2D eigenvalue weighted by Crippen LogP contribution is 2.18. The quantitative estimate of drug-likeness (QED) is 0.756. The second-order valence-electron chi connectivity index (χ2n) is 6.88. The van der Waals surface area contributed by atoms with E-state index in [4.69, 9.17) is 5.26 Å². The largest absolute Gasteiger partial charge is 0.339 e. The lowest BCUT2D eigenvalue weighted by molar-refractivity contribution is -0.131. The molecule has 1 aliphatic carbocycles. The molecule has 4 rings (SSSR count). The number of anilines is 1. The van der Waals surface area contributed by atoms with Crippen molar-refractivity contribution in [1.82, 2.24) is 14.9 Å². The number of aliphatic imine (C=N–C) groups is 2. The molecule has 0 aromatic carbocycles. The zero-order valence-corrected chi connectivity index (χ0v) is 15.7. The molecule has 1 fully saturated rings. The summed E-state index contributed by atoms with van der Waals surface area (Å²) in [6.45, 7) is 2.38. The first-order valence-electron chi connectivity index (χ1n) is 9.44. The van der Waals surface area contributed by atoms with E-state index in [1.807, 2.05) is 29.2 Å². The average molecular weight is 389 g/mol. The molecular formula is C20H19N7O2. The van der Waals surface area contributed by atoms with Gasteiger partial charge >= 0.3 is 0 Å². The summed E-state index contributed by atoms with van der Waals surface area (Å²) in [4.78, 5) is 45.3. The van der Waals surface area contributed by atoms with Crippen LogP contribution in [0.5, 0.6) is 0 Å². The van der Waals surface area contributed by atoms with Crippen LogP contribution in [0.2, 0.25) is 0 Å². The van der Waals surface area contributed by atoms with Crippen molar-refractivity contribution in [1.29, 1.82) is 5.26 Å². The summed E-state index contributed by atoms with van der Waals surface area (Å²) in [5.41, 5.74) is 1.10. The molecule has 2 amide bonds. The first kappa shape index (κ1) is 18.7. The number of nitrogens with zero attached hydrogens (tertiary/aromatic N) is 7. The van der Waals surface area contributed by atoms with Crippen molar-refractivity contribution in [3.8, 4) is 6.07 Å². The summed E-state index contributed by atoms with van der Waals surface area (Å²) in [6, 6.07) is 1.99. The Balaban J connectivity index is 1.29. The normalized spacial score (nSPS) is 20.7. The Morgan fingerprint density at radius 1 is 1.14 bits per heavy atom. The number of amides is 2. The molecule has 9 heteroatoms. The average Bonchev–Trinajstić information content (AvgIpc) is 2.78. The molecule has 146 valence electrons. The van der Waals surface area contributed by atoms with Crippen LogP contribution in [0, 0.1) is 17.2 Å². The predicted molar refractivity (Wildman–Crippen MR) is 106 cm³/mol. The summed E-state index contributed by atoms with van der Waals surface area (Å²) in [7, 11) is 0. The highest BCUT2D eigenvalue weighted by molar-refractivity contribution is 6.21. The lowest BCUT2D eigenvalue weighted by Crippen LogP contribution is -2.49. The van der Waals surface area contributed by atoms with Gasteiger partial charge in [-0.3, -0.25) is 9.59 Å². The summed E-state index contributed by atoms with van der Waals surface area (Å²) in [5, 5.41) is 8.82. The van der Waals surface area contributed by atoms with Crippen LogP contribution in [-0.4, -0.2) is 64.4 Å². The summed E-state index contributed by atoms with van der Waals surface area (Å²) < 4.78 is 0. The van der Waals surface area contributed by atoms with E-state index >= 15 is 0 Å². The van der Waals surface area contributed by atoms with Crippen molar-refractivity contribution in [2.75, 3.05) is 31.1 Å². The van der Waals surface area contributed by atoms with E-state index in [2.05, 4.69) is 20.0 Å². The van der Waals surface area contributed by atoms with Gasteiger partial charge in [-0.15, -0.1) is 0 Å². The molecule has 0 radical (unpaired) electrons. The van der Waals surface area contributed by atoms with E-state index in [1.165, 1.54) is 12.4 Å². The first-order valence-corrected chi connectivity index (χ1v) is 9.44. The molecule has 2 aliphatic heterocycles. The fraction of sp³-hybridized carbons (Fsp3) is 0.350. The third-order valence-electron chi connectivity index (χ3n) is 5.01. The molecule has 1 atom stereocenters. The van der Waals surface area contributed by atoms with Crippen molar-refractivity contribution >= 4 is 29.3 Å². The molecule has 0 N–H and O–H groups in total. The number of fused-ring (bicyclic) bond motifs is 1. The van der Waals surface area contributed by atoms with E-state index in [0.717, 1.165) is 0 Å². The Hall–Kier alpha value is -3.67. The third-order valence-corrected chi connectivity index (χ3v) is 5.01. The SMILES string of the molecule is N#Cc1cnc(N2CCN(C(=O)CCC3=NC(=O)C4C=CC=CC4=N3)CC2)nc1. The van der Waals surface area contributed by atoms with Gasteiger partial charge in [-0.25, -0.2) is 15.0 Å². The summed E-state index contributed by atoms with van der Waals surface area (Å²) in [5.74, 6) is 0.373. The summed E-state index contributed by atoms with van der Waals surface area (Å²) >= 11 is 0. The van der Waals surface area contributed by atoms with Gasteiger partial charge in [0.2, 0.25) is 11.9 Å². The Morgan fingerprint density at radius 2 is 1.90 bits per heavy atom. The van der Waals surface area contributed by atoms with Gasteiger partial charge in [-0.05, 0) is 6.08 Å². The van der Waals surface area contributed by atoms with Gasteiger partial charge in [-0.2, -0.15) is 10.3 Å². The number of carbonyl (C=O) groups excluding carboxylic acids is 2. The minimum atomic E-state index is -0.392. The van der Waals surface area contributed by atoms with E-state index in [0.29, 0.717) is 55.7 Å². The monoisotopic (exact) mass is 389 g/mol. The minimum Gasteiger partial charge on any atom is -0.339 e. The molecule has 0 saturated carbocycles. The van der Waals surface area contributed by atoms with Crippen molar-refractivity contribution in [2.24, 2.45) is 15.9 Å². The van der Waals surface area contributed by atoms with Gasteiger partial charge < -0.3 is 9.80 Å². The van der Waals surface area contributed by atoms with Crippen LogP contribution in [0.15, 0.2) is 46.7 Å². The third kappa shape index (κ3) is 4.11. The molecule has 0 bridgehead atoms. The molecule has 1 aromatic heterocycles. The first-order chi connectivity index (χ1) is 14.1. The minimum absolute atomic E-state index is 0.0157. The number of rotatable bonds is 4. The number of hydrogen-bond acceptors (Lipinski definition) is 7. The molecule has 9 nitrogen and oxygen atoms in total. The predicted octanol–water partition coefficient (Wildman–Crippen LogP) is 0.899. The van der Waals surface area contributed by atoms with Gasteiger partial charge in [-0.1, -0.05) is 18.2 Å². The number of aromatic nitrogens is 2. The lowest BCUT2D eigenvalue weighted by atomic mass is 9.96. The molecule has 0 spiro atoms. The van der Waals surface area contributed by atoms with Crippen molar-refractivity contribution < 1.29 is 9.59 Å². The second-order valence-corrected chi connectivity index (χ2v) is 6.88. The highest BCUT2D eigenvalue weighted by atomic mass is 16.2. The topological polar surface area (TPSA) is 115 Å². The van der Waals surface area contributed by atoms with Gasteiger partial charge in [0.05, 0.1) is 23.7 Å². The fourth-order valence-corrected chi connectivity index (χ4v) is 3.40. The number of piperazine rings is 1. The van der Waals surface area contributed by atoms with Crippen LogP contribution in [-0.2, 0) is 9.59 Å². The van der Waals surface area contributed by atoms with Crippen LogP contribution in [0.25, 0.3) is 0 Å². The van der Waals surface area contributed by atoms with Gasteiger partial charge in [0.25, 0.3) is 5.91 Å². The van der Waals surface area contributed by atoms with Gasteiger partial charge in [0.15, 0.2) is 0 Å². The lowest BCUT2D eigenvalue weighted by Gasteiger charge is -2.34. The maximum Gasteiger partial charge on any atom is 0.260 e. The maximum absolute atomic E-state index is 12.6. The molecule has 3 aliphatic rings. The van der Waals surface area contributed by atoms with Crippen LogP contribution < -0.4 is 4.90 Å². The Labute approximate surface area is 167 Å². The van der Waals surface area contributed by atoms with Crippen LogP contribution in [0.1, 0.15) is 18.4 Å². The zero-order valence-electron chi connectivity index (χ0n) is 15.7.